The van der Waals surface area contributed by atoms with Crippen molar-refractivity contribution >= 4 is 5.65 Å². The summed E-state index contributed by atoms with van der Waals surface area (Å²) in [5.41, 5.74) is 11.7. The van der Waals surface area contributed by atoms with Crippen molar-refractivity contribution in [3.05, 3.63) is 71.2 Å². The molecule has 0 radical (unpaired) electrons. The molecule has 0 spiro atoms. The third-order valence-electron chi connectivity index (χ3n) is 3.59. The van der Waals surface area contributed by atoms with Crippen molar-refractivity contribution < 1.29 is 0 Å². The van der Waals surface area contributed by atoms with Gasteiger partial charge < -0.3 is 10.1 Å². The zero-order valence-electron chi connectivity index (χ0n) is 11.7. The minimum absolute atomic E-state index is 0.642. The number of nitrogens with zero attached hydrogens (tertiary/aromatic N) is 2. The van der Waals surface area contributed by atoms with Crippen LogP contribution in [0.25, 0.3) is 5.65 Å². The molecule has 3 aromatic rings. The van der Waals surface area contributed by atoms with Crippen LogP contribution < -0.4 is 5.73 Å². The Kier molecular flexibility index (Phi) is 3.52. The maximum atomic E-state index is 5.75. The summed E-state index contributed by atoms with van der Waals surface area (Å²) in [5, 5.41) is 0. The van der Waals surface area contributed by atoms with E-state index < -0.39 is 0 Å². The van der Waals surface area contributed by atoms with E-state index in [1.165, 1.54) is 16.8 Å². The van der Waals surface area contributed by atoms with Crippen molar-refractivity contribution in [2.24, 2.45) is 5.73 Å². The average Bonchev–Trinajstić information content (AvgIpc) is 2.80. The minimum atomic E-state index is 0.642. The van der Waals surface area contributed by atoms with Gasteiger partial charge in [0.25, 0.3) is 0 Å². The van der Waals surface area contributed by atoms with E-state index in [1.54, 1.807) is 0 Å². The number of pyridine rings is 1. The molecular weight excluding hydrogens is 246 g/mol. The summed E-state index contributed by atoms with van der Waals surface area (Å²) in [6.45, 7) is 2.75. The van der Waals surface area contributed by atoms with Gasteiger partial charge in [-0.15, -0.1) is 0 Å². The van der Waals surface area contributed by atoms with E-state index in [-0.39, 0.29) is 0 Å². The lowest BCUT2D eigenvalue weighted by Gasteiger charge is -2.04. The van der Waals surface area contributed by atoms with E-state index in [0.29, 0.717) is 6.54 Å². The molecule has 0 fully saturated rings. The Morgan fingerprint density at radius 2 is 1.90 bits per heavy atom. The van der Waals surface area contributed by atoms with E-state index in [0.717, 1.165) is 24.2 Å². The van der Waals surface area contributed by atoms with Crippen LogP contribution in [-0.2, 0) is 12.8 Å². The van der Waals surface area contributed by atoms with E-state index in [2.05, 4.69) is 41.8 Å². The summed E-state index contributed by atoms with van der Waals surface area (Å²) >= 11 is 0. The monoisotopic (exact) mass is 265 g/mol. The van der Waals surface area contributed by atoms with Crippen LogP contribution in [0, 0.1) is 6.92 Å². The number of nitrogens with two attached hydrogens (primary N) is 1. The minimum Gasteiger partial charge on any atom is -0.330 e. The third-order valence-corrected chi connectivity index (χ3v) is 3.59. The number of aryl methyl sites for hydroxylation is 1. The number of hydrogen-bond acceptors (Lipinski definition) is 2. The number of benzene rings is 1. The first-order chi connectivity index (χ1) is 9.78. The third kappa shape index (κ3) is 2.45. The zero-order chi connectivity index (χ0) is 13.9. The van der Waals surface area contributed by atoms with Crippen molar-refractivity contribution in [3.8, 4) is 0 Å². The number of imidazole rings is 1. The Hall–Kier alpha value is -2.13. The summed E-state index contributed by atoms with van der Waals surface area (Å²) in [4.78, 5) is 4.76. The highest BCUT2D eigenvalue weighted by molar-refractivity contribution is 5.44. The molecule has 3 rings (SSSR count). The van der Waals surface area contributed by atoms with Gasteiger partial charge in [-0.3, -0.25) is 0 Å². The standard InChI is InChI=1S/C17H19N3/c1-13-5-7-14(8-6-13)12-15-16(9-10-18)20-11-3-2-4-17(20)19-15/h2-8,11H,9-10,12,18H2,1H3. The second-order valence-corrected chi connectivity index (χ2v) is 5.14. The molecule has 102 valence electrons. The zero-order valence-corrected chi connectivity index (χ0v) is 11.7. The number of aromatic nitrogens is 2. The van der Waals surface area contributed by atoms with Crippen molar-refractivity contribution in [3.63, 3.8) is 0 Å². The Labute approximate surface area is 119 Å². The number of fused-ring (bicyclic) bond motifs is 1. The molecule has 0 atom stereocenters. The highest BCUT2D eigenvalue weighted by atomic mass is 15.0. The Balaban J connectivity index is 2.01. The fourth-order valence-electron chi connectivity index (χ4n) is 2.54. The first-order valence-electron chi connectivity index (χ1n) is 6.98. The van der Waals surface area contributed by atoms with Gasteiger partial charge in [0.2, 0.25) is 0 Å². The number of hydrogen-bond donors (Lipinski definition) is 1. The van der Waals surface area contributed by atoms with Crippen LogP contribution in [-0.4, -0.2) is 15.9 Å². The smallest absolute Gasteiger partial charge is 0.137 e. The van der Waals surface area contributed by atoms with Crippen LogP contribution in [0.15, 0.2) is 48.7 Å². The Morgan fingerprint density at radius 1 is 1.10 bits per heavy atom. The van der Waals surface area contributed by atoms with Gasteiger partial charge in [0, 0.05) is 24.7 Å². The molecular formula is C17H19N3. The quantitative estimate of drug-likeness (QED) is 0.788. The molecule has 20 heavy (non-hydrogen) atoms. The molecule has 0 saturated heterocycles. The first kappa shape index (κ1) is 12.9. The summed E-state index contributed by atoms with van der Waals surface area (Å²) in [6.07, 6.45) is 3.77. The van der Waals surface area contributed by atoms with Crippen LogP contribution in [0.1, 0.15) is 22.5 Å². The van der Waals surface area contributed by atoms with Crippen molar-refractivity contribution in [2.75, 3.05) is 6.54 Å². The molecule has 1 aromatic carbocycles. The van der Waals surface area contributed by atoms with Gasteiger partial charge in [0.05, 0.1) is 5.69 Å². The van der Waals surface area contributed by atoms with Crippen molar-refractivity contribution in [2.45, 2.75) is 19.8 Å². The molecule has 2 aromatic heterocycles. The molecule has 0 saturated carbocycles. The topological polar surface area (TPSA) is 43.3 Å². The fraction of sp³-hybridized carbons (Fsp3) is 0.235. The second-order valence-electron chi connectivity index (χ2n) is 5.14. The van der Waals surface area contributed by atoms with Crippen LogP contribution in [0.2, 0.25) is 0 Å². The Morgan fingerprint density at radius 3 is 2.65 bits per heavy atom. The van der Waals surface area contributed by atoms with Crippen LogP contribution in [0.4, 0.5) is 0 Å². The Bertz CT molecular complexity index is 711. The van der Waals surface area contributed by atoms with Gasteiger partial charge in [-0.05, 0) is 31.2 Å². The molecule has 0 bridgehead atoms. The van der Waals surface area contributed by atoms with E-state index >= 15 is 0 Å². The molecule has 0 unspecified atom stereocenters. The summed E-state index contributed by atoms with van der Waals surface area (Å²) < 4.78 is 2.15. The van der Waals surface area contributed by atoms with Gasteiger partial charge >= 0.3 is 0 Å². The molecule has 3 nitrogen and oxygen atoms in total. The lowest BCUT2D eigenvalue weighted by molar-refractivity contribution is 0.882. The lowest BCUT2D eigenvalue weighted by atomic mass is 10.1. The van der Waals surface area contributed by atoms with Gasteiger partial charge in [0.15, 0.2) is 0 Å². The van der Waals surface area contributed by atoms with Gasteiger partial charge in [0.1, 0.15) is 5.65 Å². The molecule has 0 aliphatic rings. The highest BCUT2D eigenvalue weighted by Crippen LogP contribution is 2.17. The highest BCUT2D eigenvalue weighted by Gasteiger charge is 2.11. The lowest BCUT2D eigenvalue weighted by Crippen LogP contribution is -2.07. The number of rotatable bonds is 4. The maximum Gasteiger partial charge on any atom is 0.137 e. The average molecular weight is 265 g/mol. The summed E-state index contributed by atoms with van der Waals surface area (Å²) in [5.74, 6) is 0. The molecule has 3 heteroatoms. The molecule has 0 aliphatic heterocycles. The van der Waals surface area contributed by atoms with Crippen LogP contribution in [0.3, 0.4) is 0 Å². The van der Waals surface area contributed by atoms with Crippen molar-refractivity contribution in [1.82, 2.24) is 9.38 Å². The van der Waals surface area contributed by atoms with E-state index in [9.17, 15) is 0 Å². The predicted octanol–water partition coefficient (Wildman–Crippen LogP) is 2.73. The molecule has 2 heterocycles. The normalized spacial score (nSPS) is 11.1. The fourth-order valence-corrected chi connectivity index (χ4v) is 2.54. The van der Waals surface area contributed by atoms with Crippen molar-refractivity contribution in [1.29, 1.82) is 0 Å². The summed E-state index contributed by atoms with van der Waals surface area (Å²) in [7, 11) is 0. The van der Waals surface area contributed by atoms with Gasteiger partial charge in [-0.25, -0.2) is 4.98 Å². The second kappa shape index (κ2) is 5.47. The molecule has 0 aliphatic carbocycles. The van der Waals surface area contributed by atoms with E-state index in [1.807, 2.05) is 18.2 Å². The SMILES string of the molecule is Cc1ccc(Cc2nc3ccccn3c2CCN)cc1. The van der Waals surface area contributed by atoms with Crippen LogP contribution in [0.5, 0.6) is 0 Å². The summed E-state index contributed by atoms with van der Waals surface area (Å²) in [6, 6.07) is 14.7. The first-order valence-corrected chi connectivity index (χ1v) is 6.98. The van der Waals surface area contributed by atoms with Gasteiger partial charge in [-0.2, -0.15) is 0 Å². The predicted molar refractivity (Wildman–Crippen MR) is 81.9 cm³/mol. The maximum absolute atomic E-state index is 5.75. The van der Waals surface area contributed by atoms with E-state index in [4.69, 9.17) is 10.7 Å². The van der Waals surface area contributed by atoms with Crippen LogP contribution >= 0.6 is 0 Å². The van der Waals surface area contributed by atoms with Gasteiger partial charge in [-0.1, -0.05) is 35.9 Å². The largest absolute Gasteiger partial charge is 0.330 e. The molecule has 2 N–H and O–H groups in total. The molecule has 0 amide bonds.